The average Bonchev–Trinajstić information content (AvgIpc) is 2.74. The normalized spacial score (nSPS) is 23.1. The lowest BCUT2D eigenvalue weighted by Crippen LogP contribution is -2.28. The fraction of sp³-hybridized carbons (Fsp3) is 0.867. The Labute approximate surface area is 121 Å². The maximum absolute atomic E-state index is 4.80. The Morgan fingerprint density at radius 2 is 1.70 bits per heavy atom. The van der Waals surface area contributed by atoms with Crippen LogP contribution < -0.4 is 10.2 Å². The zero-order valence-corrected chi connectivity index (χ0v) is 12.4. The van der Waals surface area contributed by atoms with E-state index in [0.29, 0.717) is 5.92 Å². The van der Waals surface area contributed by atoms with E-state index in [1.54, 1.807) is 0 Å². The molecule has 3 rings (SSSR count). The van der Waals surface area contributed by atoms with Gasteiger partial charge in [-0.1, -0.05) is 32.1 Å². The van der Waals surface area contributed by atoms with Gasteiger partial charge in [0.25, 0.3) is 0 Å². The summed E-state index contributed by atoms with van der Waals surface area (Å²) < 4.78 is 0. The maximum Gasteiger partial charge on any atom is 0.244 e. The van der Waals surface area contributed by atoms with Crippen molar-refractivity contribution < 1.29 is 0 Å². The molecule has 0 amide bonds. The van der Waals surface area contributed by atoms with Gasteiger partial charge in [-0.15, -0.1) is 5.10 Å². The first-order chi connectivity index (χ1) is 9.93. The highest BCUT2D eigenvalue weighted by Gasteiger charge is 2.20. The molecule has 20 heavy (non-hydrogen) atoms. The molecule has 0 aromatic carbocycles. The van der Waals surface area contributed by atoms with Crippen LogP contribution in [0.15, 0.2) is 0 Å². The van der Waals surface area contributed by atoms with Gasteiger partial charge in [0.1, 0.15) is 5.82 Å². The topological polar surface area (TPSA) is 56.8 Å². The van der Waals surface area contributed by atoms with Gasteiger partial charge in [-0.25, -0.2) is 0 Å². The van der Waals surface area contributed by atoms with Gasteiger partial charge < -0.3 is 10.2 Å². The molecule has 1 aromatic rings. The van der Waals surface area contributed by atoms with Crippen LogP contribution in [0.3, 0.4) is 0 Å². The van der Waals surface area contributed by atoms with Crippen LogP contribution in [0, 0.1) is 0 Å². The second-order valence-electron chi connectivity index (χ2n) is 6.15. The van der Waals surface area contributed by atoms with E-state index in [-0.39, 0.29) is 0 Å². The largest absolute Gasteiger partial charge is 0.338 e. The Bertz CT molecular complexity index is 387. The molecule has 5 heteroatoms. The van der Waals surface area contributed by atoms with Crippen molar-refractivity contribution in [1.29, 1.82) is 0 Å². The van der Waals surface area contributed by atoms with Crippen molar-refractivity contribution in [1.82, 2.24) is 20.5 Å². The molecule has 112 valence electrons. The number of H-pyrrole nitrogens is 1. The van der Waals surface area contributed by atoms with Gasteiger partial charge in [0, 0.05) is 25.6 Å². The van der Waals surface area contributed by atoms with Crippen LogP contribution in [-0.4, -0.2) is 41.4 Å². The second-order valence-corrected chi connectivity index (χ2v) is 6.15. The minimum Gasteiger partial charge on any atom is -0.338 e. The number of aromatic nitrogens is 3. The molecular formula is C15H27N5. The molecule has 1 saturated heterocycles. The van der Waals surface area contributed by atoms with Crippen LogP contribution in [0.25, 0.3) is 0 Å². The third kappa shape index (κ3) is 3.51. The van der Waals surface area contributed by atoms with E-state index < -0.39 is 0 Å². The van der Waals surface area contributed by atoms with E-state index in [1.165, 1.54) is 51.4 Å². The monoisotopic (exact) mass is 277 g/mol. The van der Waals surface area contributed by atoms with E-state index in [4.69, 9.17) is 4.98 Å². The highest BCUT2D eigenvalue weighted by molar-refractivity contribution is 5.29. The van der Waals surface area contributed by atoms with Gasteiger partial charge in [-0.3, -0.25) is 5.10 Å². The van der Waals surface area contributed by atoms with E-state index in [2.05, 4.69) is 20.4 Å². The number of rotatable bonds is 2. The molecule has 0 spiro atoms. The van der Waals surface area contributed by atoms with Crippen LogP contribution >= 0.6 is 0 Å². The highest BCUT2D eigenvalue weighted by Crippen LogP contribution is 2.29. The van der Waals surface area contributed by atoms with Crippen LogP contribution in [0.2, 0.25) is 0 Å². The maximum atomic E-state index is 4.80. The SMILES string of the molecule is C1CCCC(c2nc(N3CCCNCC3)n[nH]2)CCC1. The second kappa shape index (κ2) is 7.07. The standard InChI is InChI=1S/C15H27N5/c1-2-4-7-13(8-5-3-1)14-17-15(19-18-14)20-11-6-9-16-10-12-20/h13,16H,1-12H2,(H,17,18,19). The summed E-state index contributed by atoms with van der Waals surface area (Å²) >= 11 is 0. The molecule has 2 N–H and O–H groups in total. The van der Waals surface area contributed by atoms with E-state index in [1.807, 2.05) is 0 Å². The summed E-state index contributed by atoms with van der Waals surface area (Å²) in [5.41, 5.74) is 0. The van der Waals surface area contributed by atoms with Gasteiger partial charge >= 0.3 is 0 Å². The van der Waals surface area contributed by atoms with Crippen molar-refractivity contribution in [3.8, 4) is 0 Å². The number of nitrogens with zero attached hydrogens (tertiary/aromatic N) is 3. The van der Waals surface area contributed by atoms with Crippen molar-refractivity contribution >= 4 is 5.95 Å². The number of nitrogens with one attached hydrogen (secondary N) is 2. The van der Waals surface area contributed by atoms with Crippen molar-refractivity contribution in [3.63, 3.8) is 0 Å². The van der Waals surface area contributed by atoms with Gasteiger partial charge in [0.15, 0.2) is 0 Å². The molecular weight excluding hydrogens is 250 g/mol. The van der Waals surface area contributed by atoms with Crippen LogP contribution in [0.5, 0.6) is 0 Å². The number of hydrogen-bond acceptors (Lipinski definition) is 4. The Hall–Kier alpha value is -1.10. The summed E-state index contributed by atoms with van der Waals surface area (Å²) in [7, 11) is 0. The lowest BCUT2D eigenvalue weighted by atomic mass is 9.91. The van der Waals surface area contributed by atoms with E-state index in [0.717, 1.165) is 38.0 Å². The van der Waals surface area contributed by atoms with Crippen molar-refractivity contribution in [2.75, 3.05) is 31.1 Å². The summed E-state index contributed by atoms with van der Waals surface area (Å²) in [6.07, 6.45) is 10.6. The smallest absolute Gasteiger partial charge is 0.244 e. The first-order valence-corrected chi connectivity index (χ1v) is 8.31. The molecule has 1 aromatic heterocycles. The fourth-order valence-electron chi connectivity index (χ4n) is 3.36. The molecule has 1 saturated carbocycles. The van der Waals surface area contributed by atoms with Crippen molar-refractivity contribution in [2.24, 2.45) is 0 Å². The Morgan fingerprint density at radius 1 is 0.900 bits per heavy atom. The van der Waals surface area contributed by atoms with Gasteiger partial charge in [-0.05, 0) is 25.8 Å². The fourth-order valence-corrected chi connectivity index (χ4v) is 3.36. The first-order valence-electron chi connectivity index (χ1n) is 8.31. The Morgan fingerprint density at radius 3 is 2.55 bits per heavy atom. The molecule has 1 aliphatic heterocycles. The number of aromatic amines is 1. The molecule has 0 bridgehead atoms. The molecule has 5 nitrogen and oxygen atoms in total. The lowest BCUT2D eigenvalue weighted by molar-refractivity contribution is 0.443. The minimum absolute atomic E-state index is 0.599. The summed E-state index contributed by atoms with van der Waals surface area (Å²) in [6, 6.07) is 0. The highest BCUT2D eigenvalue weighted by atomic mass is 15.4. The summed E-state index contributed by atoms with van der Waals surface area (Å²) in [6.45, 7) is 4.22. The van der Waals surface area contributed by atoms with E-state index in [9.17, 15) is 0 Å². The molecule has 1 aliphatic carbocycles. The molecule has 0 atom stereocenters. The minimum atomic E-state index is 0.599. The van der Waals surface area contributed by atoms with Crippen molar-refractivity contribution in [3.05, 3.63) is 5.82 Å². The van der Waals surface area contributed by atoms with Crippen LogP contribution in [0.1, 0.15) is 63.1 Å². The predicted molar refractivity (Wildman–Crippen MR) is 81.1 cm³/mol. The molecule has 2 heterocycles. The summed E-state index contributed by atoms with van der Waals surface area (Å²) in [4.78, 5) is 7.11. The van der Waals surface area contributed by atoms with Gasteiger partial charge in [0.05, 0.1) is 0 Å². The summed E-state index contributed by atoms with van der Waals surface area (Å²) in [5.74, 6) is 2.63. The number of anilines is 1. The molecule has 2 aliphatic rings. The average molecular weight is 277 g/mol. The summed E-state index contributed by atoms with van der Waals surface area (Å²) in [5, 5.41) is 11.1. The van der Waals surface area contributed by atoms with Gasteiger partial charge in [-0.2, -0.15) is 4.98 Å². The van der Waals surface area contributed by atoms with Crippen LogP contribution in [-0.2, 0) is 0 Å². The third-order valence-electron chi connectivity index (χ3n) is 4.61. The molecule has 0 unspecified atom stereocenters. The zero-order chi connectivity index (χ0) is 13.6. The first kappa shape index (κ1) is 13.9. The third-order valence-corrected chi connectivity index (χ3v) is 4.61. The number of hydrogen-bond donors (Lipinski definition) is 2. The molecule has 0 radical (unpaired) electrons. The zero-order valence-electron chi connectivity index (χ0n) is 12.4. The van der Waals surface area contributed by atoms with Crippen molar-refractivity contribution in [2.45, 2.75) is 57.3 Å². The Kier molecular flexibility index (Phi) is 4.90. The quantitative estimate of drug-likeness (QED) is 0.872. The van der Waals surface area contributed by atoms with Gasteiger partial charge in [0.2, 0.25) is 5.95 Å². The van der Waals surface area contributed by atoms with E-state index >= 15 is 0 Å². The van der Waals surface area contributed by atoms with Crippen LogP contribution in [0.4, 0.5) is 5.95 Å². The molecule has 2 fully saturated rings. The Balaban J connectivity index is 1.65. The predicted octanol–water partition coefficient (Wildman–Crippen LogP) is 2.43. The lowest BCUT2D eigenvalue weighted by Gasteiger charge is -2.18.